The van der Waals surface area contributed by atoms with Crippen LogP contribution in [0.4, 0.5) is 4.79 Å². The minimum atomic E-state index is -4.02. The van der Waals surface area contributed by atoms with Gasteiger partial charge >= 0.3 is 255 Å². The Balaban J connectivity index is 1.66. The van der Waals surface area contributed by atoms with Crippen molar-refractivity contribution in [3.8, 4) is 11.5 Å². The third kappa shape index (κ3) is 10.6. The molecule has 3 rings (SSSR count). The summed E-state index contributed by atoms with van der Waals surface area (Å²) < 4.78 is 32.1. The van der Waals surface area contributed by atoms with Gasteiger partial charge in [-0.1, -0.05) is 18.2 Å². The van der Waals surface area contributed by atoms with E-state index < -0.39 is 13.6 Å². The van der Waals surface area contributed by atoms with Gasteiger partial charge in [0.05, 0.1) is 0 Å². The standard InChI is InChI=1S/C36H59N2O6P/c1-27(2)38(28(3)4)21-23-42-45(11,41-22-17-13-16-20-37-34(39)40-26-29-18-14-12-15-19-29)43-32-25-30(35(5,6)7)24-31(33(32)44-45)36(8,9)10/h12,14-15,18-19,24-25,27-28H,13,16-17,20-23,26H2,1-11H3,(H,37,39). The molecule has 0 fully saturated rings. The topological polar surface area (TPSA) is 78.5 Å². The van der Waals surface area contributed by atoms with Gasteiger partial charge in [0.25, 0.3) is 0 Å². The molecule has 0 spiro atoms. The normalized spacial score (nSPS) is 16.5. The van der Waals surface area contributed by atoms with Crippen molar-refractivity contribution in [2.24, 2.45) is 0 Å². The number of unbranched alkanes of at least 4 members (excludes halogenated alkanes) is 2. The maximum absolute atomic E-state index is 12.1. The summed E-state index contributed by atoms with van der Waals surface area (Å²) >= 11 is 0. The van der Waals surface area contributed by atoms with Gasteiger partial charge in [-0.2, -0.15) is 0 Å². The summed E-state index contributed by atoms with van der Waals surface area (Å²) in [6.07, 6.45) is 2.01. The van der Waals surface area contributed by atoms with Crippen LogP contribution < -0.4 is 14.4 Å². The molecule has 0 bridgehead atoms. The molecule has 2 aromatic rings. The van der Waals surface area contributed by atoms with Gasteiger partial charge < -0.3 is 0 Å². The summed E-state index contributed by atoms with van der Waals surface area (Å²) in [7, 11) is -4.02. The van der Waals surface area contributed by atoms with E-state index in [1.807, 2.05) is 37.0 Å². The zero-order valence-electron chi connectivity index (χ0n) is 29.7. The Kier molecular flexibility index (Phi) is 12.4. The first-order valence-electron chi connectivity index (χ1n) is 16.5. The predicted octanol–water partition coefficient (Wildman–Crippen LogP) is 9.14. The fourth-order valence-corrected chi connectivity index (χ4v) is 7.95. The molecule has 1 aliphatic rings. The van der Waals surface area contributed by atoms with Crippen LogP contribution in [-0.2, 0) is 31.2 Å². The molecule has 8 nitrogen and oxygen atoms in total. The number of nitrogens with one attached hydrogen (secondary N) is 1. The Morgan fingerprint density at radius 1 is 0.867 bits per heavy atom. The van der Waals surface area contributed by atoms with Crippen molar-refractivity contribution < 1.29 is 27.6 Å². The van der Waals surface area contributed by atoms with Gasteiger partial charge in [0, 0.05) is 0 Å². The van der Waals surface area contributed by atoms with E-state index in [4.69, 9.17) is 22.8 Å². The van der Waals surface area contributed by atoms with Crippen molar-refractivity contribution in [3.05, 3.63) is 59.2 Å². The van der Waals surface area contributed by atoms with E-state index >= 15 is 0 Å². The molecule has 1 heterocycles. The number of hydrogen-bond donors (Lipinski definition) is 1. The Morgan fingerprint density at radius 3 is 2.11 bits per heavy atom. The van der Waals surface area contributed by atoms with Crippen molar-refractivity contribution in [1.29, 1.82) is 0 Å². The number of ether oxygens (including phenoxy) is 1. The summed E-state index contributed by atoms with van der Waals surface area (Å²) in [6.45, 7) is 26.2. The van der Waals surface area contributed by atoms with Crippen molar-refractivity contribution in [2.45, 2.75) is 118 Å². The molecular weight excluding hydrogens is 587 g/mol. The fourth-order valence-electron chi connectivity index (χ4n) is 5.44. The van der Waals surface area contributed by atoms with E-state index in [0.717, 1.165) is 42.7 Å². The number of carbonyl (C=O) groups excluding carboxylic acids is 1. The first kappa shape index (κ1) is 37.1. The second-order valence-electron chi connectivity index (χ2n) is 14.9. The molecular formula is C36H59N2O6P. The van der Waals surface area contributed by atoms with Gasteiger partial charge in [0.1, 0.15) is 0 Å². The summed E-state index contributed by atoms with van der Waals surface area (Å²) in [6, 6.07) is 14.8. The molecule has 1 amide bonds. The molecule has 0 atom stereocenters. The van der Waals surface area contributed by atoms with Crippen LogP contribution in [0.15, 0.2) is 42.5 Å². The van der Waals surface area contributed by atoms with Crippen LogP contribution in [0.2, 0.25) is 0 Å². The number of rotatable bonds is 15. The number of benzene rings is 2. The first-order valence-corrected chi connectivity index (χ1v) is 18.9. The number of alkyl carbamates (subject to hydrolysis) is 1. The zero-order chi connectivity index (χ0) is 33.5. The zero-order valence-corrected chi connectivity index (χ0v) is 30.6. The number of amides is 1. The molecule has 1 N–H and O–H groups in total. The molecule has 0 aromatic heterocycles. The number of hydrogen-bond acceptors (Lipinski definition) is 7. The van der Waals surface area contributed by atoms with E-state index in [2.05, 4.69) is 91.6 Å². The summed E-state index contributed by atoms with van der Waals surface area (Å²) in [5.74, 6) is 1.41. The van der Waals surface area contributed by atoms with E-state index in [1.165, 1.54) is 5.56 Å². The average molecular weight is 647 g/mol. The van der Waals surface area contributed by atoms with Crippen molar-refractivity contribution >= 4 is 13.6 Å². The van der Waals surface area contributed by atoms with Crippen LogP contribution >= 0.6 is 7.51 Å². The van der Waals surface area contributed by atoms with E-state index in [0.29, 0.717) is 37.6 Å². The van der Waals surface area contributed by atoms with E-state index in [1.54, 1.807) is 0 Å². The number of carbonyl (C=O) groups is 1. The van der Waals surface area contributed by atoms with Gasteiger partial charge in [-0.25, -0.2) is 0 Å². The van der Waals surface area contributed by atoms with Crippen molar-refractivity contribution in [1.82, 2.24) is 10.2 Å². The summed E-state index contributed by atoms with van der Waals surface area (Å²) in [4.78, 5) is 14.5. The third-order valence-corrected chi connectivity index (χ3v) is 10.8. The third-order valence-electron chi connectivity index (χ3n) is 8.06. The van der Waals surface area contributed by atoms with Crippen molar-refractivity contribution in [2.75, 3.05) is 33.0 Å². The Hall–Kier alpha value is -2.38. The Morgan fingerprint density at radius 2 is 1.51 bits per heavy atom. The molecule has 0 radical (unpaired) electrons. The van der Waals surface area contributed by atoms with Gasteiger partial charge in [0.2, 0.25) is 0 Å². The molecule has 2 aromatic carbocycles. The van der Waals surface area contributed by atoms with Gasteiger partial charge in [0.15, 0.2) is 0 Å². The van der Waals surface area contributed by atoms with E-state index in [9.17, 15) is 4.79 Å². The van der Waals surface area contributed by atoms with Gasteiger partial charge in [-0.3, -0.25) is 0 Å². The van der Waals surface area contributed by atoms with Crippen molar-refractivity contribution in [3.63, 3.8) is 0 Å². The predicted molar refractivity (Wildman–Crippen MR) is 185 cm³/mol. The second kappa shape index (κ2) is 15.0. The molecule has 45 heavy (non-hydrogen) atoms. The maximum atomic E-state index is 12.1. The van der Waals surface area contributed by atoms with Crippen LogP contribution in [0.3, 0.4) is 0 Å². The molecule has 1 aliphatic heterocycles. The second-order valence-corrected chi connectivity index (χ2v) is 18.1. The Bertz CT molecular complexity index is 1250. The average Bonchev–Trinajstić information content (AvgIpc) is 3.25. The Labute approximate surface area is 272 Å². The molecule has 254 valence electrons. The number of fused-ring (bicyclic) bond motifs is 1. The first-order chi connectivity index (χ1) is 20.9. The van der Waals surface area contributed by atoms with Gasteiger partial charge in [-0.05, 0) is 0 Å². The molecule has 0 saturated carbocycles. The molecule has 0 unspecified atom stereocenters. The fraction of sp³-hybridized carbons (Fsp3) is 0.639. The quantitative estimate of drug-likeness (QED) is 0.153. The van der Waals surface area contributed by atoms with E-state index in [-0.39, 0.29) is 17.4 Å². The number of nitrogens with zero attached hydrogens (tertiary/aromatic N) is 1. The summed E-state index contributed by atoms with van der Waals surface area (Å²) in [5.41, 5.74) is 2.99. The van der Waals surface area contributed by atoms with Crippen LogP contribution in [0, 0.1) is 0 Å². The summed E-state index contributed by atoms with van der Waals surface area (Å²) in [5, 5.41) is 2.83. The monoisotopic (exact) mass is 646 g/mol. The minimum absolute atomic E-state index is 0.0656. The van der Waals surface area contributed by atoms with Gasteiger partial charge in [-0.15, -0.1) is 0 Å². The van der Waals surface area contributed by atoms with Crippen LogP contribution in [0.25, 0.3) is 0 Å². The van der Waals surface area contributed by atoms with Crippen LogP contribution in [-0.4, -0.2) is 56.0 Å². The van der Waals surface area contributed by atoms with Crippen LogP contribution in [0.1, 0.15) is 105 Å². The molecule has 0 aliphatic carbocycles. The SMILES string of the molecule is CC(C)N(CCOP1(C)(OCCCCCNC(=O)OCc2ccccc2)Oc2cc(C(C)(C)C)cc(C(C)(C)C)c2O1)C(C)C. The molecule has 9 heteroatoms. The van der Waals surface area contributed by atoms with Crippen LogP contribution in [0.5, 0.6) is 11.5 Å². The molecule has 0 saturated heterocycles.